The van der Waals surface area contributed by atoms with Gasteiger partial charge in [0.15, 0.2) is 0 Å². The SMILES string of the molecule is Cn1nnn(-c2cc(F)cc([N+](=O)[O-])c2)c1=O.Cn1nnn(-c2cc(N)cc(OC3COC3)c2)c1=O.Cn1nnn(-c2cc(OC3COC3)cc([N+](=O)[O-])c2)c1=O. The zero-order chi connectivity index (χ0) is 41.0. The summed E-state index contributed by atoms with van der Waals surface area (Å²) in [4.78, 5) is 55.3. The molecular formula is C30H30FN15O11. The van der Waals surface area contributed by atoms with Crippen molar-refractivity contribution in [1.82, 2.24) is 59.4 Å². The Hall–Kier alpha value is -7.68. The Morgan fingerprint density at radius 1 is 0.614 bits per heavy atom. The summed E-state index contributed by atoms with van der Waals surface area (Å²) in [5, 5.41) is 43.1. The minimum absolute atomic E-state index is 0.0354. The van der Waals surface area contributed by atoms with Gasteiger partial charge in [0.2, 0.25) is 0 Å². The van der Waals surface area contributed by atoms with Crippen LogP contribution in [0.1, 0.15) is 0 Å². The molecule has 2 N–H and O–H groups in total. The van der Waals surface area contributed by atoms with Crippen LogP contribution in [0.4, 0.5) is 21.5 Å². The first-order valence-corrected chi connectivity index (χ1v) is 16.3. The summed E-state index contributed by atoms with van der Waals surface area (Å²) in [6.07, 6.45) is -0.105. The zero-order valence-corrected chi connectivity index (χ0v) is 29.9. The molecule has 26 nitrogen and oxygen atoms in total. The molecule has 57 heavy (non-hydrogen) atoms. The average Bonchev–Trinajstić information content (AvgIpc) is 3.78. The van der Waals surface area contributed by atoms with Crippen LogP contribution in [0.3, 0.4) is 0 Å². The van der Waals surface area contributed by atoms with Crippen molar-refractivity contribution in [1.29, 1.82) is 0 Å². The number of nitrogens with two attached hydrogens (primary N) is 1. The third-order valence-electron chi connectivity index (χ3n) is 7.80. The quantitative estimate of drug-likeness (QED) is 0.104. The first-order valence-electron chi connectivity index (χ1n) is 16.3. The lowest BCUT2D eigenvalue weighted by atomic mass is 10.2. The smallest absolute Gasteiger partial charge is 0.368 e. The number of nitro groups is 2. The highest BCUT2D eigenvalue weighted by molar-refractivity contribution is 5.53. The van der Waals surface area contributed by atoms with Gasteiger partial charge in [0.05, 0.1) is 65.5 Å². The second-order valence-corrected chi connectivity index (χ2v) is 12.1. The Labute approximate surface area is 315 Å². The molecule has 0 radical (unpaired) electrons. The summed E-state index contributed by atoms with van der Waals surface area (Å²) < 4.78 is 40.4. The molecule has 5 heterocycles. The molecule has 0 amide bonds. The number of rotatable bonds is 9. The Bertz CT molecular complexity index is 2620. The predicted molar refractivity (Wildman–Crippen MR) is 188 cm³/mol. The maximum absolute atomic E-state index is 13.1. The molecule has 6 aromatic rings. The topological polar surface area (TPSA) is 307 Å². The Morgan fingerprint density at radius 3 is 1.37 bits per heavy atom. The minimum atomic E-state index is -0.827. The molecule has 2 fully saturated rings. The Kier molecular flexibility index (Phi) is 11.2. The van der Waals surface area contributed by atoms with E-state index in [0.717, 1.165) is 41.6 Å². The average molecular weight is 796 g/mol. The maximum atomic E-state index is 13.1. The molecule has 0 saturated carbocycles. The Morgan fingerprint density at radius 2 is 1.00 bits per heavy atom. The number of nitro benzene ring substituents is 2. The molecule has 2 aliphatic rings. The number of anilines is 1. The third kappa shape index (κ3) is 9.00. The van der Waals surface area contributed by atoms with Gasteiger partial charge in [-0.3, -0.25) is 20.2 Å². The van der Waals surface area contributed by atoms with Crippen LogP contribution < -0.4 is 32.3 Å². The fourth-order valence-electron chi connectivity index (χ4n) is 4.82. The fraction of sp³-hybridized carbons (Fsp3) is 0.300. The van der Waals surface area contributed by atoms with E-state index in [4.69, 9.17) is 24.7 Å². The highest BCUT2D eigenvalue weighted by Gasteiger charge is 2.23. The van der Waals surface area contributed by atoms with Crippen LogP contribution in [-0.2, 0) is 30.6 Å². The highest BCUT2D eigenvalue weighted by Crippen LogP contribution is 2.26. The lowest BCUT2D eigenvalue weighted by Gasteiger charge is -2.26. The van der Waals surface area contributed by atoms with Crippen molar-refractivity contribution in [3.05, 3.63) is 112 Å². The molecule has 0 spiro atoms. The van der Waals surface area contributed by atoms with Gasteiger partial charge in [0, 0.05) is 63.2 Å². The van der Waals surface area contributed by atoms with Crippen LogP contribution in [-0.4, -0.2) is 108 Å². The molecule has 0 aliphatic carbocycles. The first kappa shape index (κ1) is 39.0. The minimum Gasteiger partial charge on any atom is -0.485 e. The number of hydrogen-bond acceptors (Lipinski definition) is 18. The number of benzene rings is 3. The van der Waals surface area contributed by atoms with Crippen molar-refractivity contribution < 1.29 is 33.2 Å². The van der Waals surface area contributed by atoms with Crippen LogP contribution in [0, 0.1) is 26.0 Å². The molecule has 3 aromatic heterocycles. The van der Waals surface area contributed by atoms with Gasteiger partial charge in [-0.1, -0.05) is 0 Å². The van der Waals surface area contributed by atoms with Crippen LogP contribution in [0.2, 0.25) is 0 Å². The van der Waals surface area contributed by atoms with Gasteiger partial charge in [0.1, 0.15) is 29.5 Å². The van der Waals surface area contributed by atoms with Gasteiger partial charge in [-0.05, 0) is 37.3 Å². The number of nitrogen functional groups attached to an aromatic ring is 1. The number of tetrazole rings is 3. The number of non-ortho nitro benzene ring substituents is 2. The standard InChI is InChI=1S/C11H11N5O5.C11H13N5O3.C8H6FN5O3/c1-14-11(17)15(13-12-14)7-2-8(16(18)19)4-9(3-7)21-10-5-20-6-10;1-15-11(17)16(14-13-15)8-2-7(12)3-9(4-8)19-10-5-18-6-10;1-12-8(15)13(11-10-12)6-2-5(9)3-7(4-6)14(16)17/h2-4,10H,5-6H2,1H3;2-4,10H,5-6,12H2,1H3;2-4H,1H3. The lowest BCUT2D eigenvalue weighted by Crippen LogP contribution is -2.38. The predicted octanol–water partition coefficient (Wildman–Crippen LogP) is -1.01. The van der Waals surface area contributed by atoms with Gasteiger partial charge in [0.25, 0.3) is 11.4 Å². The van der Waals surface area contributed by atoms with Crippen LogP contribution in [0.25, 0.3) is 17.1 Å². The molecule has 3 aromatic carbocycles. The lowest BCUT2D eigenvalue weighted by molar-refractivity contribution is -0.385. The van der Waals surface area contributed by atoms with E-state index >= 15 is 0 Å². The van der Waals surface area contributed by atoms with Crippen molar-refractivity contribution in [2.24, 2.45) is 21.1 Å². The number of aromatic nitrogens is 12. The number of ether oxygens (including phenoxy) is 4. The van der Waals surface area contributed by atoms with E-state index in [0.29, 0.717) is 43.6 Å². The van der Waals surface area contributed by atoms with Gasteiger partial charge < -0.3 is 24.7 Å². The van der Waals surface area contributed by atoms with E-state index in [2.05, 4.69) is 31.3 Å². The molecule has 27 heteroatoms. The molecule has 0 unspecified atom stereocenters. The number of hydrogen-bond donors (Lipinski definition) is 1. The number of nitrogens with zero attached hydrogens (tertiary/aromatic N) is 14. The zero-order valence-electron chi connectivity index (χ0n) is 29.9. The number of aryl methyl sites for hydroxylation is 3. The normalized spacial score (nSPS) is 13.6. The summed E-state index contributed by atoms with van der Waals surface area (Å²) in [5.41, 5.74) is 4.87. The maximum Gasteiger partial charge on any atom is 0.368 e. The molecule has 298 valence electrons. The third-order valence-corrected chi connectivity index (χ3v) is 7.80. The van der Waals surface area contributed by atoms with Gasteiger partial charge >= 0.3 is 17.1 Å². The summed E-state index contributed by atoms with van der Waals surface area (Å²) in [5.74, 6) is 0.0395. The van der Waals surface area contributed by atoms with E-state index in [9.17, 15) is 39.0 Å². The van der Waals surface area contributed by atoms with Gasteiger partial charge in [-0.15, -0.1) is 0 Å². The monoisotopic (exact) mass is 795 g/mol. The van der Waals surface area contributed by atoms with E-state index in [1.165, 1.54) is 44.0 Å². The van der Waals surface area contributed by atoms with Crippen molar-refractivity contribution >= 4 is 17.1 Å². The van der Waals surface area contributed by atoms with E-state index in [-0.39, 0.29) is 40.7 Å². The van der Waals surface area contributed by atoms with Crippen molar-refractivity contribution in [3.63, 3.8) is 0 Å². The summed E-state index contributed by atoms with van der Waals surface area (Å²) in [6, 6.07) is 11.8. The van der Waals surface area contributed by atoms with Crippen LogP contribution in [0.15, 0.2) is 69.0 Å². The molecule has 2 saturated heterocycles. The molecule has 8 rings (SSSR count). The second kappa shape index (κ2) is 16.4. The molecule has 0 bridgehead atoms. The summed E-state index contributed by atoms with van der Waals surface area (Å²) in [6.45, 7) is 2.00. The fourth-order valence-corrected chi connectivity index (χ4v) is 4.82. The molecule has 0 atom stereocenters. The van der Waals surface area contributed by atoms with Gasteiger partial charge in [-0.25, -0.2) is 18.8 Å². The largest absolute Gasteiger partial charge is 0.485 e. The second-order valence-electron chi connectivity index (χ2n) is 12.1. The summed E-state index contributed by atoms with van der Waals surface area (Å²) in [7, 11) is 4.33. The van der Waals surface area contributed by atoms with E-state index in [1.807, 2.05) is 0 Å². The van der Waals surface area contributed by atoms with Crippen molar-refractivity contribution in [3.8, 4) is 28.6 Å². The van der Waals surface area contributed by atoms with Crippen molar-refractivity contribution in [2.75, 3.05) is 32.2 Å². The van der Waals surface area contributed by atoms with Crippen LogP contribution in [0.5, 0.6) is 11.5 Å². The van der Waals surface area contributed by atoms with Crippen molar-refractivity contribution in [2.45, 2.75) is 12.2 Å². The van der Waals surface area contributed by atoms with Gasteiger partial charge in [-0.2, -0.15) is 28.1 Å². The van der Waals surface area contributed by atoms with Crippen LogP contribution >= 0.6 is 0 Å². The highest BCUT2D eigenvalue weighted by atomic mass is 19.1. The first-order chi connectivity index (χ1) is 27.2. The molecule has 2 aliphatic heterocycles. The van der Waals surface area contributed by atoms with E-state index < -0.39 is 32.7 Å². The molecular weight excluding hydrogens is 765 g/mol. The van der Waals surface area contributed by atoms with E-state index in [1.54, 1.807) is 18.2 Å². The number of halogens is 1. The summed E-state index contributed by atoms with van der Waals surface area (Å²) >= 11 is 0. The Balaban J connectivity index is 0.000000145.